The number of hydrogen-bond acceptors (Lipinski definition) is 6. The zero-order valence-electron chi connectivity index (χ0n) is 15.1. The van der Waals surface area contributed by atoms with Crippen molar-refractivity contribution in [1.82, 2.24) is 14.2 Å². The van der Waals surface area contributed by atoms with Crippen molar-refractivity contribution in [3.05, 3.63) is 83.2 Å². The molecule has 0 spiro atoms. The lowest BCUT2D eigenvalue weighted by Crippen LogP contribution is -2.18. The number of nitrogens with zero attached hydrogens (tertiary/aromatic N) is 3. The molecule has 0 radical (unpaired) electrons. The summed E-state index contributed by atoms with van der Waals surface area (Å²) in [6, 6.07) is 20.0. The second-order valence-electron chi connectivity index (χ2n) is 6.24. The molecule has 0 aliphatic heterocycles. The SMILES string of the molecule is Cc1ccc(CNc2nc(-c3cccs3)nn2S(=O)(=O)c2ccccc2)cc1. The summed E-state index contributed by atoms with van der Waals surface area (Å²) in [4.78, 5) is 5.42. The van der Waals surface area contributed by atoms with E-state index < -0.39 is 10.0 Å². The zero-order chi connectivity index (χ0) is 19.6. The molecule has 28 heavy (non-hydrogen) atoms. The maximum atomic E-state index is 13.1. The molecule has 1 N–H and O–H groups in total. The summed E-state index contributed by atoms with van der Waals surface area (Å²) >= 11 is 1.46. The maximum Gasteiger partial charge on any atom is 0.286 e. The minimum Gasteiger partial charge on any atom is -0.349 e. The fraction of sp³-hybridized carbons (Fsp3) is 0.100. The highest BCUT2D eigenvalue weighted by Crippen LogP contribution is 2.25. The van der Waals surface area contributed by atoms with E-state index >= 15 is 0 Å². The first-order valence-electron chi connectivity index (χ1n) is 8.65. The van der Waals surface area contributed by atoms with Gasteiger partial charge in [0.15, 0.2) is 5.82 Å². The highest BCUT2D eigenvalue weighted by Gasteiger charge is 2.24. The predicted octanol–water partition coefficient (Wildman–Crippen LogP) is 4.16. The molecule has 8 heteroatoms. The standard InChI is InChI=1S/C20H18N4O2S2/c1-15-9-11-16(12-10-15)14-21-20-22-19(18-8-5-13-27-18)23-24(20)28(25,26)17-6-3-2-4-7-17/h2-13H,14H2,1H3,(H,21,22,23). The number of anilines is 1. The molecule has 142 valence electrons. The van der Waals surface area contributed by atoms with Crippen molar-refractivity contribution in [3.8, 4) is 10.7 Å². The Balaban J connectivity index is 1.72. The van der Waals surface area contributed by atoms with Crippen LogP contribution in [0.3, 0.4) is 0 Å². The van der Waals surface area contributed by atoms with Crippen molar-refractivity contribution >= 4 is 27.3 Å². The van der Waals surface area contributed by atoms with Gasteiger partial charge in [-0.1, -0.05) is 54.1 Å². The van der Waals surface area contributed by atoms with E-state index in [0.717, 1.165) is 14.5 Å². The summed E-state index contributed by atoms with van der Waals surface area (Å²) in [5.74, 6) is 0.564. The molecule has 0 saturated carbocycles. The summed E-state index contributed by atoms with van der Waals surface area (Å²) in [7, 11) is -3.87. The van der Waals surface area contributed by atoms with Crippen molar-refractivity contribution in [1.29, 1.82) is 0 Å². The van der Waals surface area contributed by atoms with Crippen molar-refractivity contribution < 1.29 is 8.42 Å². The van der Waals surface area contributed by atoms with E-state index in [9.17, 15) is 8.42 Å². The van der Waals surface area contributed by atoms with Gasteiger partial charge in [0.1, 0.15) is 0 Å². The third kappa shape index (κ3) is 3.69. The lowest BCUT2D eigenvalue weighted by Gasteiger charge is -2.09. The number of aryl methyl sites for hydroxylation is 1. The first-order valence-corrected chi connectivity index (χ1v) is 11.0. The summed E-state index contributed by atoms with van der Waals surface area (Å²) in [5, 5.41) is 9.32. The van der Waals surface area contributed by atoms with Gasteiger partial charge in [-0.15, -0.1) is 20.5 Å². The van der Waals surface area contributed by atoms with E-state index in [1.807, 2.05) is 48.7 Å². The first kappa shape index (κ1) is 18.4. The molecule has 0 saturated heterocycles. The Hall–Kier alpha value is -2.97. The van der Waals surface area contributed by atoms with Gasteiger partial charge in [-0.3, -0.25) is 0 Å². The average molecular weight is 411 g/mol. The molecule has 4 rings (SSSR count). The third-order valence-corrected chi connectivity index (χ3v) is 6.60. The Bertz CT molecular complexity index is 1170. The van der Waals surface area contributed by atoms with Gasteiger partial charge in [-0.05, 0) is 36.1 Å². The molecule has 0 fully saturated rings. The Morgan fingerprint density at radius 3 is 2.43 bits per heavy atom. The zero-order valence-corrected chi connectivity index (χ0v) is 16.7. The van der Waals surface area contributed by atoms with Gasteiger partial charge in [0, 0.05) is 6.54 Å². The molecule has 0 aliphatic rings. The van der Waals surface area contributed by atoms with E-state index in [1.54, 1.807) is 30.3 Å². The van der Waals surface area contributed by atoms with Crippen LogP contribution in [0.2, 0.25) is 0 Å². The predicted molar refractivity (Wildman–Crippen MR) is 111 cm³/mol. The summed E-state index contributed by atoms with van der Waals surface area (Å²) in [5.41, 5.74) is 2.19. The van der Waals surface area contributed by atoms with Gasteiger partial charge in [0.05, 0.1) is 9.77 Å². The van der Waals surface area contributed by atoms with E-state index in [4.69, 9.17) is 0 Å². The smallest absolute Gasteiger partial charge is 0.286 e. The molecule has 6 nitrogen and oxygen atoms in total. The summed E-state index contributed by atoms with van der Waals surface area (Å²) in [6.07, 6.45) is 0. The van der Waals surface area contributed by atoms with Gasteiger partial charge in [0.2, 0.25) is 5.95 Å². The number of hydrogen-bond donors (Lipinski definition) is 1. The summed E-state index contributed by atoms with van der Waals surface area (Å²) < 4.78 is 27.2. The van der Waals surface area contributed by atoms with Gasteiger partial charge < -0.3 is 5.32 Å². The normalized spacial score (nSPS) is 11.5. The molecule has 0 bridgehead atoms. The number of rotatable bonds is 6. The summed E-state index contributed by atoms with van der Waals surface area (Å²) in [6.45, 7) is 2.46. The largest absolute Gasteiger partial charge is 0.349 e. The Morgan fingerprint density at radius 1 is 1.00 bits per heavy atom. The average Bonchev–Trinajstić information content (AvgIpc) is 3.38. The first-order chi connectivity index (χ1) is 13.5. The minimum atomic E-state index is -3.87. The second kappa shape index (κ2) is 7.57. The van der Waals surface area contributed by atoms with Crippen LogP contribution in [0.5, 0.6) is 0 Å². The van der Waals surface area contributed by atoms with Crippen molar-refractivity contribution in [2.45, 2.75) is 18.4 Å². The van der Waals surface area contributed by atoms with Crippen LogP contribution in [0.1, 0.15) is 11.1 Å². The second-order valence-corrected chi connectivity index (χ2v) is 8.95. The molecule has 2 heterocycles. The van der Waals surface area contributed by atoms with Crippen LogP contribution < -0.4 is 5.32 Å². The Labute approximate surface area is 167 Å². The monoisotopic (exact) mass is 410 g/mol. The Kier molecular flexibility index (Phi) is 4.97. The maximum absolute atomic E-state index is 13.1. The molecular weight excluding hydrogens is 392 g/mol. The molecule has 2 aromatic carbocycles. The Morgan fingerprint density at radius 2 is 1.75 bits per heavy atom. The quantitative estimate of drug-likeness (QED) is 0.516. The number of thiophene rings is 1. The molecule has 0 aliphatic carbocycles. The van der Waals surface area contributed by atoms with E-state index in [1.165, 1.54) is 16.9 Å². The molecule has 0 amide bonds. The van der Waals surface area contributed by atoms with Gasteiger partial charge >= 0.3 is 0 Å². The number of benzene rings is 2. The fourth-order valence-electron chi connectivity index (χ4n) is 2.66. The van der Waals surface area contributed by atoms with E-state index in [2.05, 4.69) is 15.4 Å². The number of aromatic nitrogens is 3. The van der Waals surface area contributed by atoms with Crippen molar-refractivity contribution in [3.63, 3.8) is 0 Å². The minimum absolute atomic E-state index is 0.163. The molecular formula is C20H18N4O2S2. The lowest BCUT2D eigenvalue weighted by atomic mass is 10.1. The molecule has 0 unspecified atom stereocenters. The van der Waals surface area contributed by atoms with Crippen molar-refractivity contribution in [2.75, 3.05) is 5.32 Å². The van der Waals surface area contributed by atoms with E-state index in [-0.39, 0.29) is 10.8 Å². The van der Waals surface area contributed by atoms with Crippen molar-refractivity contribution in [2.24, 2.45) is 0 Å². The van der Waals surface area contributed by atoms with Crippen LogP contribution in [0.15, 0.2) is 77.0 Å². The van der Waals surface area contributed by atoms with Gasteiger partial charge in [0.25, 0.3) is 10.0 Å². The van der Waals surface area contributed by atoms with Gasteiger partial charge in [-0.25, -0.2) is 0 Å². The van der Waals surface area contributed by atoms with Crippen LogP contribution in [0.4, 0.5) is 5.95 Å². The van der Waals surface area contributed by atoms with Crippen LogP contribution in [-0.4, -0.2) is 22.6 Å². The topological polar surface area (TPSA) is 76.9 Å². The lowest BCUT2D eigenvalue weighted by molar-refractivity contribution is 0.581. The molecule has 4 aromatic rings. The molecule has 2 aromatic heterocycles. The van der Waals surface area contributed by atoms with Crippen LogP contribution in [-0.2, 0) is 16.6 Å². The van der Waals surface area contributed by atoms with E-state index in [0.29, 0.717) is 12.4 Å². The highest BCUT2D eigenvalue weighted by molar-refractivity contribution is 7.90. The third-order valence-electron chi connectivity index (χ3n) is 4.16. The number of nitrogens with one attached hydrogen (secondary N) is 1. The van der Waals surface area contributed by atoms with Gasteiger partial charge in [-0.2, -0.15) is 13.4 Å². The van der Waals surface area contributed by atoms with Crippen LogP contribution in [0, 0.1) is 6.92 Å². The fourth-order valence-corrected chi connectivity index (χ4v) is 4.53. The van der Waals surface area contributed by atoms with Crippen LogP contribution >= 0.6 is 11.3 Å². The highest BCUT2D eigenvalue weighted by atomic mass is 32.2. The molecule has 0 atom stereocenters. The van der Waals surface area contributed by atoms with Crippen LogP contribution in [0.25, 0.3) is 10.7 Å².